The van der Waals surface area contributed by atoms with Crippen LogP contribution in [0.15, 0.2) is 28.4 Å². The van der Waals surface area contributed by atoms with Crippen LogP contribution in [0.5, 0.6) is 0 Å². The van der Waals surface area contributed by atoms with Crippen molar-refractivity contribution in [1.82, 2.24) is 9.97 Å². The van der Waals surface area contributed by atoms with Crippen LogP contribution in [0.25, 0.3) is 21.7 Å². The van der Waals surface area contributed by atoms with Gasteiger partial charge in [0.25, 0.3) is 5.70 Å². The summed E-state index contributed by atoms with van der Waals surface area (Å²) >= 11 is 3.36. The van der Waals surface area contributed by atoms with Crippen molar-refractivity contribution in [2.24, 2.45) is 0 Å². The second-order valence-corrected chi connectivity index (χ2v) is 5.39. The largest absolute Gasteiger partial charge is 0.271 e. The van der Waals surface area contributed by atoms with E-state index in [2.05, 4.69) is 30.7 Å². The Morgan fingerprint density at radius 3 is 2.26 bits per heavy atom. The minimum absolute atomic E-state index is 0.0808. The van der Waals surface area contributed by atoms with Gasteiger partial charge in [-0.05, 0) is 17.7 Å². The van der Waals surface area contributed by atoms with Crippen LogP contribution in [0, 0.1) is 40.6 Å². The molecule has 0 unspecified atom stereocenters. The molecule has 0 radical (unpaired) electrons. The Hall–Kier alpha value is -3.52. The average Bonchev–Trinajstić information content (AvgIpc) is 2.87. The quantitative estimate of drug-likeness (QED) is 0.453. The third kappa shape index (κ3) is 2.05. The summed E-state index contributed by atoms with van der Waals surface area (Å²) < 4.78 is 0.768. The molecule has 0 spiro atoms. The lowest BCUT2D eigenvalue weighted by molar-refractivity contribution is 1.12. The predicted molar refractivity (Wildman–Crippen MR) is 82.8 cm³/mol. The maximum Gasteiger partial charge on any atom is 0.271 e. The summed E-state index contributed by atoms with van der Waals surface area (Å²) in [6, 6.07) is 10.8. The first-order valence-electron chi connectivity index (χ1n) is 6.19. The van der Waals surface area contributed by atoms with E-state index in [0.29, 0.717) is 22.4 Å². The Bertz CT molecular complexity index is 1050. The Morgan fingerprint density at radius 1 is 1.04 bits per heavy atom. The Kier molecular flexibility index (Phi) is 3.36. The molecule has 0 saturated heterocycles. The molecule has 1 aromatic carbocycles. The molecule has 1 aliphatic carbocycles. The van der Waals surface area contributed by atoms with Crippen molar-refractivity contribution in [3.8, 4) is 29.5 Å². The van der Waals surface area contributed by atoms with Crippen LogP contribution in [0.1, 0.15) is 22.6 Å². The molecule has 104 valence electrons. The molecule has 6 nitrogen and oxygen atoms in total. The van der Waals surface area contributed by atoms with Crippen LogP contribution in [-0.4, -0.2) is 9.97 Å². The maximum absolute atomic E-state index is 9.24. The number of halogens is 1. The van der Waals surface area contributed by atoms with Gasteiger partial charge in [-0.3, -0.25) is 0 Å². The van der Waals surface area contributed by atoms with E-state index in [1.165, 1.54) is 0 Å². The van der Waals surface area contributed by atoms with E-state index in [9.17, 15) is 5.26 Å². The third-order valence-electron chi connectivity index (χ3n) is 3.31. The van der Waals surface area contributed by atoms with Crippen molar-refractivity contribution in [1.29, 1.82) is 15.8 Å². The molecule has 0 bridgehead atoms. The van der Waals surface area contributed by atoms with Gasteiger partial charge in [0.1, 0.15) is 12.1 Å². The standard InChI is InChI=1S/C16H3BrN6/c1-21-13(7-20)14-10-4-8(17)2-3-9(10)15-16(14)23-12(6-19)11(5-18)22-15/h2-4H/b14-13+. The SMILES string of the molecule is [C-]#[N+]/C(C#N)=C1\c2cc(Br)ccc2-c2nc(C#N)c(C#N)nc21. The van der Waals surface area contributed by atoms with Crippen LogP contribution >= 0.6 is 15.9 Å². The molecule has 0 atom stereocenters. The fraction of sp³-hybridized carbons (Fsp3) is 0. The van der Waals surface area contributed by atoms with Gasteiger partial charge in [0.05, 0.1) is 24.0 Å². The van der Waals surface area contributed by atoms with E-state index in [1.54, 1.807) is 18.2 Å². The second-order valence-electron chi connectivity index (χ2n) is 4.48. The van der Waals surface area contributed by atoms with Crippen LogP contribution in [0.3, 0.4) is 0 Å². The molecule has 0 saturated carbocycles. The Labute approximate surface area is 139 Å². The Morgan fingerprint density at radius 2 is 1.70 bits per heavy atom. The first-order valence-corrected chi connectivity index (χ1v) is 6.98. The second kappa shape index (κ2) is 5.35. The number of benzene rings is 1. The van der Waals surface area contributed by atoms with Crippen molar-refractivity contribution in [3.63, 3.8) is 0 Å². The molecular weight excluding hydrogens is 356 g/mol. The summed E-state index contributed by atoms with van der Waals surface area (Å²) in [6.45, 7) is 7.21. The van der Waals surface area contributed by atoms with Crippen molar-refractivity contribution in [3.05, 3.63) is 62.4 Å². The fourth-order valence-electron chi connectivity index (χ4n) is 2.39. The number of hydrogen-bond acceptors (Lipinski definition) is 5. The van der Waals surface area contributed by atoms with Gasteiger partial charge < -0.3 is 0 Å². The van der Waals surface area contributed by atoms with E-state index >= 15 is 0 Å². The van der Waals surface area contributed by atoms with Gasteiger partial charge in [-0.2, -0.15) is 10.5 Å². The minimum atomic E-state index is -0.133. The number of aromatic nitrogens is 2. The first-order chi connectivity index (χ1) is 11.1. The summed E-state index contributed by atoms with van der Waals surface area (Å²) in [5.74, 6) is 0. The van der Waals surface area contributed by atoms with Crippen molar-refractivity contribution >= 4 is 21.5 Å². The summed E-state index contributed by atoms with van der Waals surface area (Å²) in [6.07, 6.45) is 0. The number of fused-ring (bicyclic) bond motifs is 3. The van der Waals surface area contributed by atoms with Gasteiger partial charge >= 0.3 is 0 Å². The van der Waals surface area contributed by atoms with E-state index in [1.807, 2.05) is 18.2 Å². The molecule has 1 heterocycles. The molecule has 0 N–H and O–H groups in total. The van der Waals surface area contributed by atoms with Gasteiger partial charge in [-0.25, -0.2) is 20.1 Å². The van der Waals surface area contributed by atoms with E-state index < -0.39 is 0 Å². The van der Waals surface area contributed by atoms with Crippen molar-refractivity contribution in [2.75, 3.05) is 0 Å². The van der Waals surface area contributed by atoms with Crippen LogP contribution in [-0.2, 0) is 0 Å². The molecule has 0 fully saturated rings. The van der Waals surface area contributed by atoms with E-state index in [0.717, 1.165) is 4.47 Å². The van der Waals surface area contributed by atoms with Gasteiger partial charge in [-0.15, -0.1) is 0 Å². The van der Waals surface area contributed by atoms with E-state index in [4.69, 9.17) is 17.1 Å². The number of nitriles is 3. The van der Waals surface area contributed by atoms with Gasteiger partial charge in [0.15, 0.2) is 11.4 Å². The highest BCUT2D eigenvalue weighted by Crippen LogP contribution is 2.45. The zero-order valence-electron chi connectivity index (χ0n) is 11.3. The highest BCUT2D eigenvalue weighted by Gasteiger charge is 2.31. The van der Waals surface area contributed by atoms with Gasteiger partial charge in [-0.1, -0.05) is 22.0 Å². The minimum Gasteiger partial charge on any atom is -0.233 e. The smallest absolute Gasteiger partial charge is 0.233 e. The summed E-state index contributed by atoms with van der Waals surface area (Å²) in [7, 11) is 0. The number of hydrogen-bond donors (Lipinski definition) is 0. The van der Waals surface area contributed by atoms with E-state index in [-0.39, 0.29) is 22.8 Å². The van der Waals surface area contributed by atoms with Crippen LogP contribution < -0.4 is 0 Å². The molecule has 1 aromatic heterocycles. The molecule has 2 aromatic rings. The topological polar surface area (TPSA) is 102 Å². The van der Waals surface area contributed by atoms with Crippen molar-refractivity contribution in [2.45, 2.75) is 0 Å². The lowest BCUT2D eigenvalue weighted by Gasteiger charge is -2.02. The molecule has 0 aliphatic heterocycles. The molecule has 3 rings (SSSR count). The average molecular weight is 359 g/mol. The summed E-state index contributed by atoms with van der Waals surface area (Å²) in [4.78, 5) is 11.6. The highest BCUT2D eigenvalue weighted by atomic mass is 79.9. The molecule has 1 aliphatic rings. The number of allylic oxidation sites excluding steroid dienone is 1. The summed E-state index contributed by atoms with van der Waals surface area (Å²) in [5.41, 5.74) is 1.97. The Balaban J connectivity index is 2.50. The lowest BCUT2D eigenvalue weighted by atomic mass is 10.0. The number of rotatable bonds is 0. The molecule has 7 heteroatoms. The van der Waals surface area contributed by atoms with Crippen LogP contribution in [0.4, 0.5) is 0 Å². The molecule has 0 amide bonds. The molecule has 23 heavy (non-hydrogen) atoms. The normalized spacial score (nSPS) is 12.9. The third-order valence-corrected chi connectivity index (χ3v) is 3.80. The molecular formula is C16H3BrN6. The first kappa shape index (κ1) is 14.4. The highest BCUT2D eigenvalue weighted by molar-refractivity contribution is 9.10. The fourth-order valence-corrected chi connectivity index (χ4v) is 2.75. The lowest BCUT2D eigenvalue weighted by Crippen LogP contribution is -2.00. The van der Waals surface area contributed by atoms with Crippen LogP contribution in [0.2, 0.25) is 0 Å². The van der Waals surface area contributed by atoms with Gasteiger partial charge in [0.2, 0.25) is 0 Å². The monoisotopic (exact) mass is 358 g/mol. The predicted octanol–water partition coefficient (Wildman–Crippen LogP) is 3.17. The zero-order valence-corrected chi connectivity index (χ0v) is 12.9. The summed E-state index contributed by atoms with van der Waals surface area (Å²) in [5, 5.41) is 27.5. The van der Waals surface area contributed by atoms with Gasteiger partial charge in [0, 0.05) is 15.6 Å². The zero-order chi connectivity index (χ0) is 16.6. The number of nitrogens with zero attached hydrogens (tertiary/aromatic N) is 6. The van der Waals surface area contributed by atoms with Crippen molar-refractivity contribution < 1.29 is 0 Å². The maximum atomic E-state index is 9.24.